The number of ketones is 1. The maximum Gasteiger partial charge on any atom is 0.258 e. The molecule has 52 heavy (non-hydrogen) atoms. The minimum atomic E-state index is -0.373. The van der Waals surface area contributed by atoms with E-state index in [9.17, 15) is 18.8 Å². The van der Waals surface area contributed by atoms with Gasteiger partial charge in [0.05, 0.1) is 18.9 Å². The topological polar surface area (TPSA) is 91.4 Å². The number of nitrogens with zero attached hydrogens (tertiary/aromatic N) is 1. The van der Waals surface area contributed by atoms with Crippen molar-refractivity contribution in [2.45, 2.75) is 51.4 Å². The van der Waals surface area contributed by atoms with Crippen LogP contribution in [-0.2, 0) is 9.59 Å². The number of imide groups is 1. The number of carbonyl (C=O) groups excluding carboxylic acids is 3. The Morgan fingerprint density at radius 2 is 0.923 bits per heavy atom. The quantitative estimate of drug-likeness (QED) is 0.0349. The van der Waals surface area contributed by atoms with Crippen molar-refractivity contribution >= 4 is 29.4 Å². The molecule has 0 radical (unpaired) electrons. The standard InChI is InChI=1S/C43H44FNO7/c44-35-14-12-34(13-15-35)41(46)26-11-33-9-18-37(19-10-33)51-31-32-52-40-24-22-39(23-25-40)50-30-8-6-4-2-1-3-5-7-29-49-38-20-16-36(17-21-38)45-42(47)27-28-43(45)48/h9-28H,1-8,29-32H2. The van der Waals surface area contributed by atoms with Crippen LogP contribution in [0.1, 0.15) is 67.3 Å². The van der Waals surface area contributed by atoms with Crippen LogP contribution in [0.2, 0.25) is 0 Å². The number of unbranched alkanes of at least 4 members (excludes halogenated alkanes) is 7. The first-order valence-corrected chi connectivity index (χ1v) is 17.8. The summed E-state index contributed by atoms with van der Waals surface area (Å²) in [6.07, 6.45) is 14.8. The summed E-state index contributed by atoms with van der Waals surface area (Å²) in [6.45, 7) is 2.11. The van der Waals surface area contributed by atoms with Crippen molar-refractivity contribution in [3.05, 3.63) is 132 Å². The van der Waals surface area contributed by atoms with Gasteiger partial charge in [0, 0.05) is 17.7 Å². The molecular weight excluding hydrogens is 661 g/mol. The average molecular weight is 706 g/mol. The van der Waals surface area contributed by atoms with Crippen LogP contribution in [0.3, 0.4) is 0 Å². The van der Waals surface area contributed by atoms with Crippen LogP contribution in [0.4, 0.5) is 10.1 Å². The Bertz CT molecular complexity index is 1770. The van der Waals surface area contributed by atoms with Crippen molar-refractivity contribution in [1.29, 1.82) is 0 Å². The Labute approximate surface area is 304 Å². The molecule has 4 aromatic carbocycles. The highest BCUT2D eigenvalue weighted by Crippen LogP contribution is 2.23. The fraction of sp³-hybridized carbons (Fsp3) is 0.279. The monoisotopic (exact) mass is 705 g/mol. The van der Waals surface area contributed by atoms with Gasteiger partial charge in [0.15, 0.2) is 5.78 Å². The average Bonchev–Trinajstić information content (AvgIpc) is 3.51. The number of hydrogen-bond donors (Lipinski definition) is 0. The lowest BCUT2D eigenvalue weighted by molar-refractivity contribution is -0.120. The molecule has 0 bridgehead atoms. The van der Waals surface area contributed by atoms with E-state index in [-0.39, 0.29) is 23.4 Å². The zero-order chi connectivity index (χ0) is 36.4. The molecule has 5 rings (SSSR count). The second-order valence-electron chi connectivity index (χ2n) is 12.3. The van der Waals surface area contributed by atoms with Crippen LogP contribution in [0.25, 0.3) is 6.08 Å². The summed E-state index contributed by atoms with van der Waals surface area (Å²) >= 11 is 0. The molecule has 0 spiro atoms. The number of ether oxygens (including phenoxy) is 4. The Morgan fingerprint density at radius 1 is 0.519 bits per heavy atom. The summed E-state index contributed by atoms with van der Waals surface area (Å²) < 4.78 is 36.3. The summed E-state index contributed by atoms with van der Waals surface area (Å²) in [6, 6.07) is 27.5. The van der Waals surface area contributed by atoms with E-state index >= 15 is 0 Å². The van der Waals surface area contributed by atoms with Gasteiger partial charge in [-0.25, -0.2) is 9.29 Å². The van der Waals surface area contributed by atoms with Crippen molar-refractivity contribution in [3.8, 4) is 23.0 Å². The third kappa shape index (κ3) is 12.3. The highest BCUT2D eigenvalue weighted by molar-refractivity contribution is 6.28. The summed E-state index contributed by atoms with van der Waals surface area (Å²) in [5, 5.41) is 0. The number of anilines is 1. The van der Waals surface area contributed by atoms with Crippen LogP contribution < -0.4 is 23.8 Å². The van der Waals surface area contributed by atoms with Gasteiger partial charge in [-0.1, -0.05) is 56.7 Å². The van der Waals surface area contributed by atoms with Crippen molar-refractivity contribution < 1.29 is 37.7 Å². The molecule has 0 saturated heterocycles. The van der Waals surface area contributed by atoms with Gasteiger partial charge >= 0.3 is 0 Å². The fourth-order valence-corrected chi connectivity index (χ4v) is 5.50. The summed E-state index contributed by atoms with van der Waals surface area (Å²) in [5.74, 6) is 1.80. The van der Waals surface area contributed by atoms with Crippen LogP contribution in [0, 0.1) is 5.82 Å². The second kappa shape index (κ2) is 20.2. The molecule has 4 aromatic rings. The molecule has 8 nitrogen and oxygen atoms in total. The maximum absolute atomic E-state index is 13.1. The Morgan fingerprint density at radius 3 is 1.40 bits per heavy atom. The first-order chi connectivity index (χ1) is 25.4. The molecule has 0 atom stereocenters. The molecule has 9 heteroatoms. The molecule has 270 valence electrons. The Kier molecular flexibility index (Phi) is 14.6. The van der Waals surface area contributed by atoms with Gasteiger partial charge in [-0.2, -0.15) is 0 Å². The predicted molar refractivity (Wildman–Crippen MR) is 200 cm³/mol. The lowest BCUT2D eigenvalue weighted by Crippen LogP contribution is -2.29. The molecule has 1 heterocycles. The van der Waals surface area contributed by atoms with Crippen LogP contribution >= 0.6 is 0 Å². The van der Waals surface area contributed by atoms with Gasteiger partial charge in [-0.05, 0) is 109 Å². The van der Waals surface area contributed by atoms with E-state index in [1.54, 1.807) is 30.3 Å². The maximum atomic E-state index is 13.1. The summed E-state index contributed by atoms with van der Waals surface area (Å²) in [5.41, 5.74) is 1.84. The van der Waals surface area contributed by atoms with E-state index in [1.165, 1.54) is 68.2 Å². The normalized spacial score (nSPS) is 12.4. The van der Waals surface area contributed by atoms with E-state index in [1.807, 2.05) is 48.5 Å². The SMILES string of the molecule is O=C(C=Cc1ccc(OCCOc2ccc(OCCCCCCCCCCOc3ccc(N4C(=O)C=CC4=O)cc3)cc2)cc1)c1ccc(F)cc1. The van der Waals surface area contributed by atoms with E-state index in [2.05, 4.69) is 0 Å². The number of amides is 2. The molecule has 2 amide bonds. The van der Waals surface area contributed by atoms with Gasteiger partial charge in [0.2, 0.25) is 0 Å². The molecule has 0 unspecified atom stereocenters. The van der Waals surface area contributed by atoms with Gasteiger partial charge in [0.1, 0.15) is 42.0 Å². The molecule has 0 saturated carbocycles. The highest BCUT2D eigenvalue weighted by atomic mass is 19.1. The van der Waals surface area contributed by atoms with E-state index in [0.29, 0.717) is 43.4 Å². The zero-order valence-corrected chi connectivity index (χ0v) is 29.2. The van der Waals surface area contributed by atoms with Crippen LogP contribution in [0.5, 0.6) is 23.0 Å². The number of rotatable bonds is 22. The first kappa shape index (κ1) is 37.6. The molecule has 0 fully saturated rings. The zero-order valence-electron chi connectivity index (χ0n) is 29.2. The molecule has 1 aliphatic rings. The van der Waals surface area contributed by atoms with E-state index in [0.717, 1.165) is 53.4 Å². The smallest absolute Gasteiger partial charge is 0.258 e. The van der Waals surface area contributed by atoms with Crippen molar-refractivity contribution in [2.24, 2.45) is 0 Å². The molecule has 1 aliphatic heterocycles. The number of carbonyl (C=O) groups is 3. The summed E-state index contributed by atoms with van der Waals surface area (Å²) in [4.78, 5) is 36.9. The third-order valence-corrected chi connectivity index (χ3v) is 8.36. The predicted octanol–water partition coefficient (Wildman–Crippen LogP) is 9.19. The van der Waals surface area contributed by atoms with Crippen molar-refractivity contribution in [2.75, 3.05) is 31.3 Å². The highest BCUT2D eigenvalue weighted by Gasteiger charge is 2.24. The second-order valence-corrected chi connectivity index (χ2v) is 12.3. The van der Waals surface area contributed by atoms with Gasteiger partial charge in [-0.15, -0.1) is 0 Å². The summed E-state index contributed by atoms with van der Waals surface area (Å²) in [7, 11) is 0. The van der Waals surface area contributed by atoms with Crippen molar-refractivity contribution in [3.63, 3.8) is 0 Å². The van der Waals surface area contributed by atoms with Crippen LogP contribution in [-0.4, -0.2) is 44.0 Å². The van der Waals surface area contributed by atoms with Crippen LogP contribution in [0.15, 0.2) is 115 Å². The van der Waals surface area contributed by atoms with Gasteiger partial charge in [-0.3, -0.25) is 14.4 Å². The molecule has 0 aromatic heterocycles. The number of hydrogen-bond acceptors (Lipinski definition) is 7. The number of allylic oxidation sites excluding steroid dienone is 1. The first-order valence-electron chi connectivity index (χ1n) is 17.8. The van der Waals surface area contributed by atoms with Gasteiger partial charge < -0.3 is 18.9 Å². The number of halogens is 1. The molecule has 0 N–H and O–H groups in total. The fourth-order valence-electron chi connectivity index (χ4n) is 5.50. The van der Waals surface area contributed by atoms with E-state index in [4.69, 9.17) is 18.9 Å². The minimum Gasteiger partial charge on any atom is -0.494 e. The molecular formula is C43H44FNO7. The Hall–Kier alpha value is -5.70. The largest absolute Gasteiger partial charge is 0.494 e. The van der Waals surface area contributed by atoms with E-state index < -0.39 is 0 Å². The lowest BCUT2D eigenvalue weighted by Gasteiger charge is -2.14. The van der Waals surface area contributed by atoms with Gasteiger partial charge in [0.25, 0.3) is 11.8 Å². The molecule has 0 aliphatic carbocycles. The Balaban J connectivity index is 0.833. The lowest BCUT2D eigenvalue weighted by atomic mass is 10.1. The number of benzene rings is 4. The minimum absolute atomic E-state index is 0.189. The third-order valence-electron chi connectivity index (χ3n) is 8.36. The van der Waals surface area contributed by atoms with Crippen molar-refractivity contribution in [1.82, 2.24) is 0 Å².